The van der Waals surface area contributed by atoms with E-state index in [0.29, 0.717) is 17.9 Å². The van der Waals surface area contributed by atoms with Crippen LogP contribution in [0.15, 0.2) is 11.0 Å². The zero-order chi connectivity index (χ0) is 17.9. The van der Waals surface area contributed by atoms with Gasteiger partial charge in [0.05, 0.1) is 11.4 Å². The van der Waals surface area contributed by atoms with Crippen LogP contribution in [0.3, 0.4) is 0 Å². The summed E-state index contributed by atoms with van der Waals surface area (Å²) in [5.41, 5.74) is 3.40. The van der Waals surface area contributed by atoms with Crippen LogP contribution in [0.1, 0.15) is 35.6 Å². The van der Waals surface area contributed by atoms with Gasteiger partial charge in [0.2, 0.25) is 15.9 Å². The first kappa shape index (κ1) is 19.6. The molecule has 0 bridgehead atoms. The molecule has 0 atom stereocenters. The zero-order valence-corrected chi connectivity index (χ0v) is 16.0. The molecule has 0 unspecified atom stereocenters. The van der Waals surface area contributed by atoms with E-state index < -0.39 is 10.0 Å². The van der Waals surface area contributed by atoms with E-state index in [1.165, 1.54) is 9.21 Å². The van der Waals surface area contributed by atoms with Gasteiger partial charge < -0.3 is 4.90 Å². The molecule has 0 saturated carbocycles. The third kappa shape index (κ3) is 4.12. The summed E-state index contributed by atoms with van der Waals surface area (Å²) in [7, 11) is -0.450. The quantitative estimate of drug-likeness (QED) is 0.799. The molecule has 5 nitrogen and oxygen atoms in total. The van der Waals surface area contributed by atoms with Crippen molar-refractivity contribution in [1.29, 1.82) is 0 Å². The fourth-order valence-electron chi connectivity index (χ4n) is 2.52. The predicted octanol–water partition coefficient (Wildman–Crippen LogP) is 2.41. The van der Waals surface area contributed by atoms with Crippen LogP contribution in [0.5, 0.6) is 0 Å². The Bertz CT molecular complexity index is 668. The number of amides is 1. The maximum Gasteiger partial charge on any atom is 0.244 e. The van der Waals surface area contributed by atoms with Gasteiger partial charge in [0.1, 0.15) is 0 Å². The fraction of sp³-hybridized carbons (Fsp3) is 0.588. The summed E-state index contributed by atoms with van der Waals surface area (Å²) in [5, 5.41) is 0. The average molecular weight is 340 g/mol. The number of hydrogen-bond donors (Lipinski definition) is 0. The van der Waals surface area contributed by atoms with Crippen molar-refractivity contribution < 1.29 is 13.2 Å². The van der Waals surface area contributed by atoms with Crippen LogP contribution in [0.2, 0.25) is 0 Å². The molecular formula is C17H28N2O3S. The minimum atomic E-state index is -3.71. The molecule has 0 aliphatic rings. The highest BCUT2D eigenvalue weighted by atomic mass is 32.2. The van der Waals surface area contributed by atoms with Crippen molar-refractivity contribution in [2.75, 3.05) is 27.2 Å². The van der Waals surface area contributed by atoms with Crippen LogP contribution < -0.4 is 0 Å². The van der Waals surface area contributed by atoms with E-state index in [0.717, 1.165) is 22.3 Å². The summed E-state index contributed by atoms with van der Waals surface area (Å²) in [6.45, 7) is 9.58. The molecule has 130 valence electrons. The summed E-state index contributed by atoms with van der Waals surface area (Å²) in [5.74, 6) is -0.221. The first-order valence-electron chi connectivity index (χ1n) is 7.81. The number of nitrogens with zero attached hydrogens (tertiary/aromatic N) is 2. The number of sulfonamides is 1. The Morgan fingerprint density at radius 3 is 1.91 bits per heavy atom. The molecule has 0 aromatic heterocycles. The molecular weight excluding hydrogens is 312 g/mol. The summed E-state index contributed by atoms with van der Waals surface area (Å²) in [4.78, 5) is 13.8. The summed E-state index contributed by atoms with van der Waals surface area (Å²) < 4.78 is 27.7. The zero-order valence-electron chi connectivity index (χ0n) is 15.2. The number of hydrogen-bond acceptors (Lipinski definition) is 3. The fourth-order valence-corrected chi connectivity index (χ4v) is 4.58. The highest BCUT2D eigenvalue weighted by molar-refractivity contribution is 7.89. The van der Waals surface area contributed by atoms with E-state index in [4.69, 9.17) is 0 Å². The van der Waals surface area contributed by atoms with E-state index in [1.54, 1.807) is 14.1 Å². The first-order valence-corrected chi connectivity index (χ1v) is 9.25. The van der Waals surface area contributed by atoms with Crippen LogP contribution in [0, 0.1) is 27.7 Å². The van der Waals surface area contributed by atoms with E-state index in [2.05, 4.69) is 0 Å². The van der Waals surface area contributed by atoms with Crippen molar-refractivity contribution in [3.05, 3.63) is 28.3 Å². The van der Waals surface area contributed by atoms with Crippen molar-refractivity contribution >= 4 is 15.9 Å². The van der Waals surface area contributed by atoms with Gasteiger partial charge in [-0.3, -0.25) is 4.79 Å². The second-order valence-corrected chi connectivity index (χ2v) is 8.09. The summed E-state index contributed by atoms with van der Waals surface area (Å²) >= 11 is 0. The summed E-state index contributed by atoms with van der Waals surface area (Å²) in [6.07, 6.45) is 0.656. The number of aryl methyl sites for hydroxylation is 2. The van der Waals surface area contributed by atoms with Crippen molar-refractivity contribution in [2.45, 2.75) is 45.9 Å². The first-order chi connectivity index (χ1) is 10.5. The SMILES string of the molecule is CCCN(CC(=O)N(C)C)S(=O)(=O)c1c(C)c(C)cc(C)c1C. The maximum atomic E-state index is 13.2. The molecule has 1 aromatic rings. The van der Waals surface area contributed by atoms with E-state index in [9.17, 15) is 13.2 Å². The average Bonchev–Trinajstić information content (AvgIpc) is 2.44. The third-order valence-corrected chi connectivity index (χ3v) is 6.30. The molecule has 1 aromatic carbocycles. The van der Waals surface area contributed by atoms with E-state index in [-0.39, 0.29) is 12.5 Å². The number of carbonyl (C=O) groups excluding carboxylic acids is 1. The molecule has 0 aliphatic heterocycles. The topological polar surface area (TPSA) is 57.7 Å². The van der Waals surface area contributed by atoms with E-state index >= 15 is 0 Å². The number of benzene rings is 1. The lowest BCUT2D eigenvalue weighted by Gasteiger charge is -2.25. The molecule has 0 aliphatic carbocycles. The monoisotopic (exact) mass is 340 g/mol. The molecule has 0 spiro atoms. The molecule has 0 radical (unpaired) electrons. The Hall–Kier alpha value is -1.40. The molecule has 6 heteroatoms. The van der Waals surface area contributed by atoms with Gasteiger partial charge in [0, 0.05) is 20.6 Å². The van der Waals surface area contributed by atoms with Gasteiger partial charge in [0.15, 0.2) is 0 Å². The van der Waals surface area contributed by atoms with Crippen molar-refractivity contribution in [3.8, 4) is 0 Å². The molecule has 0 fully saturated rings. The Morgan fingerprint density at radius 2 is 1.52 bits per heavy atom. The van der Waals surface area contributed by atoms with Gasteiger partial charge in [0.25, 0.3) is 0 Å². The second-order valence-electron chi connectivity index (χ2n) is 6.22. The molecule has 0 N–H and O–H groups in total. The largest absolute Gasteiger partial charge is 0.348 e. The predicted molar refractivity (Wildman–Crippen MR) is 93.1 cm³/mol. The number of rotatable bonds is 6. The highest BCUT2D eigenvalue weighted by Gasteiger charge is 2.30. The Labute approximate surface area is 140 Å². The normalized spacial score (nSPS) is 11.8. The molecule has 1 amide bonds. The Kier molecular flexibility index (Phi) is 6.36. The Morgan fingerprint density at radius 1 is 1.04 bits per heavy atom. The Balaban J connectivity index is 3.45. The van der Waals surface area contributed by atoms with Gasteiger partial charge in [-0.05, 0) is 56.4 Å². The minimum Gasteiger partial charge on any atom is -0.348 e. The molecule has 1 rings (SSSR count). The van der Waals surface area contributed by atoms with Crippen LogP contribution in [0.25, 0.3) is 0 Å². The van der Waals surface area contributed by atoms with Crippen LogP contribution in [0.4, 0.5) is 0 Å². The van der Waals surface area contributed by atoms with Gasteiger partial charge >= 0.3 is 0 Å². The lowest BCUT2D eigenvalue weighted by Crippen LogP contribution is -2.41. The van der Waals surface area contributed by atoms with Gasteiger partial charge in [-0.25, -0.2) is 8.42 Å². The van der Waals surface area contributed by atoms with Gasteiger partial charge in [-0.1, -0.05) is 13.0 Å². The van der Waals surface area contributed by atoms with Crippen molar-refractivity contribution in [1.82, 2.24) is 9.21 Å². The maximum absolute atomic E-state index is 13.2. The van der Waals surface area contributed by atoms with Crippen molar-refractivity contribution in [2.24, 2.45) is 0 Å². The smallest absolute Gasteiger partial charge is 0.244 e. The van der Waals surface area contributed by atoms with Crippen LogP contribution in [-0.4, -0.2) is 50.7 Å². The lowest BCUT2D eigenvalue weighted by molar-refractivity contribution is -0.128. The highest BCUT2D eigenvalue weighted by Crippen LogP contribution is 2.28. The van der Waals surface area contributed by atoms with Crippen molar-refractivity contribution in [3.63, 3.8) is 0 Å². The van der Waals surface area contributed by atoms with E-state index in [1.807, 2.05) is 40.7 Å². The number of likely N-dealkylation sites (N-methyl/N-ethyl adjacent to an activating group) is 1. The molecule has 0 saturated heterocycles. The molecule has 0 heterocycles. The van der Waals surface area contributed by atoms with Crippen LogP contribution >= 0.6 is 0 Å². The number of carbonyl (C=O) groups is 1. The van der Waals surface area contributed by atoms with Crippen LogP contribution in [-0.2, 0) is 14.8 Å². The molecule has 23 heavy (non-hydrogen) atoms. The lowest BCUT2D eigenvalue weighted by atomic mass is 10.0. The summed E-state index contributed by atoms with van der Waals surface area (Å²) in [6, 6.07) is 2.00. The van der Waals surface area contributed by atoms with Gasteiger partial charge in [-0.15, -0.1) is 0 Å². The minimum absolute atomic E-state index is 0.130. The second kappa shape index (κ2) is 7.45. The standard InChI is InChI=1S/C17H28N2O3S/c1-8-9-19(11-16(20)18(6)7)23(21,22)17-14(4)12(2)10-13(3)15(17)5/h10H,8-9,11H2,1-7H3. The van der Waals surface area contributed by atoms with Gasteiger partial charge in [-0.2, -0.15) is 4.31 Å². The third-order valence-electron chi connectivity index (χ3n) is 4.18.